The number of alkyl halides is 1. The van der Waals surface area contributed by atoms with Crippen molar-refractivity contribution < 1.29 is 13.7 Å². The molecule has 3 aromatic rings. The van der Waals surface area contributed by atoms with Crippen molar-refractivity contribution in [1.29, 1.82) is 0 Å². The normalized spacial score (nSPS) is 18.4. The molecule has 0 bridgehead atoms. The average molecular weight is 410 g/mol. The SMILES string of the molecule is CC(c1ccc(-c2cccc(-c3noc(=O)[nH]3)c2)cc1)[C@H](N)C(=O)N1CC[C@H](F)C1. The van der Waals surface area contributed by atoms with E-state index in [1.165, 1.54) is 4.90 Å². The summed E-state index contributed by atoms with van der Waals surface area (Å²) in [6, 6.07) is 14.7. The maximum Gasteiger partial charge on any atom is 0.439 e. The minimum atomic E-state index is -0.957. The van der Waals surface area contributed by atoms with E-state index in [1.54, 1.807) is 0 Å². The summed E-state index contributed by atoms with van der Waals surface area (Å²) in [5, 5.41) is 3.71. The molecular formula is C22H23FN4O3. The van der Waals surface area contributed by atoms with E-state index in [9.17, 15) is 14.0 Å². The van der Waals surface area contributed by atoms with Crippen LogP contribution in [0, 0.1) is 0 Å². The monoisotopic (exact) mass is 410 g/mol. The highest BCUT2D eigenvalue weighted by Crippen LogP contribution is 2.27. The zero-order chi connectivity index (χ0) is 21.3. The van der Waals surface area contributed by atoms with Crippen LogP contribution in [0.4, 0.5) is 4.39 Å². The largest absolute Gasteiger partial charge is 0.439 e. The van der Waals surface area contributed by atoms with E-state index in [1.807, 2.05) is 55.5 Å². The second-order valence-corrected chi connectivity index (χ2v) is 7.63. The molecule has 1 aromatic heterocycles. The van der Waals surface area contributed by atoms with E-state index in [2.05, 4.69) is 14.7 Å². The molecule has 7 nitrogen and oxygen atoms in total. The first-order chi connectivity index (χ1) is 14.4. The summed E-state index contributed by atoms with van der Waals surface area (Å²) in [5.41, 5.74) is 9.79. The number of aromatic amines is 1. The van der Waals surface area contributed by atoms with Crippen LogP contribution >= 0.6 is 0 Å². The predicted molar refractivity (Wildman–Crippen MR) is 110 cm³/mol. The fourth-order valence-electron chi connectivity index (χ4n) is 3.73. The van der Waals surface area contributed by atoms with E-state index in [0.29, 0.717) is 18.8 Å². The van der Waals surface area contributed by atoms with Gasteiger partial charge in [0.1, 0.15) is 6.17 Å². The Hall–Kier alpha value is -3.26. The Balaban J connectivity index is 1.50. The number of hydrogen-bond donors (Lipinski definition) is 2. The molecule has 0 radical (unpaired) electrons. The number of nitrogens with two attached hydrogens (primary N) is 1. The Kier molecular flexibility index (Phi) is 5.50. The molecule has 3 atom stereocenters. The van der Waals surface area contributed by atoms with Crippen molar-refractivity contribution in [3.63, 3.8) is 0 Å². The third-order valence-electron chi connectivity index (χ3n) is 5.61. The fraction of sp³-hybridized carbons (Fsp3) is 0.318. The van der Waals surface area contributed by atoms with Crippen LogP contribution in [0.2, 0.25) is 0 Å². The van der Waals surface area contributed by atoms with Gasteiger partial charge < -0.3 is 10.6 Å². The highest BCUT2D eigenvalue weighted by Gasteiger charge is 2.32. The van der Waals surface area contributed by atoms with Crippen molar-refractivity contribution in [3.8, 4) is 22.5 Å². The lowest BCUT2D eigenvalue weighted by Crippen LogP contribution is -2.45. The molecule has 2 aromatic carbocycles. The molecule has 4 rings (SSSR count). The first-order valence-corrected chi connectivity index (χ1v) is 9.87. The number of carbonyl (C=O) groups is 1. The van der Waals surface area contributed by atoms with Crippen LogP contribution in [0.15, 0.2) is 57.8 Å². The number of aromatic nitrogens is 2. The Labute approximate surface area is 172 Å². The highest BCUT2D eigenvalue weighted by atomic mass is 19.1. The van der Waals surface area contributed by atoms with E-state index >= 15 is 0 Å². The Morgan fingerprint density at radius 3 is 2.60 bits per heavy atom. The molecule has 156 valence electrons. The lowest BCUT2D eigenvalue weighted by Gasteiger charge is -2.25. The van der Waals surface area contributed by atoms with Gasteiger partial charge in [-0.15, -0.1) is 0 Å². The molecule has 3 N–H and O–H groups in total. The van der Waals surface area contributed by atoms with Crippen LogP contribution in [-0.2, 0) is 4.79 Å². The van der Waals surface area contributed by atoms with Crippen molar-refractivity contribution >= 4 is 5.91 Å². The average Bonchev–Trinajstić information content (AvgIpc) is 3.40. The lowest BCUT2D eigenvalue weighted by atomic mass is 9.91. The van der Waals surface area contributed by atoms with Crippen LogP contribution in [-0.4, -0.2) is 46.3 Å². The zero-order valence-corrected chi connectivity index (χ0v) is 16.5. The number of benzene rings is 2. The Bertz CT molecular complexity index is 1090. The molecule has 0 spiro atoms. The smallest absolute Gasteiger partial charge is 0.338 e. The van der Waals surface area contributed by atoms with E-state index < -0.39 is 18.0 Å². The maximum absolute atomic E-state index is 13.4. The van der Waals surface area contributed by atoms with E-state index in [0.717, 1.165) is 22.3 Å². The molecule has 0 aliphatic carbocycles. The van der Waals surface area contributed by atoms with Crippen LogP contribution in [0.1, 0.15) is 24.8 Å². The molecule has 1 fully saturated rings. The number of amides is 1. The van der Waals surface area contributed by atoms with Gasteiger partial charge >= 0.3 is 5.76 Å². The number of rotatable bonds is 5. The van der Waals surface area contributed by atoms with Gasteiger partial charge in [-0.1, -0.05) is 54.5 Å². The van der Waals surface area contributed by atoms with Gasteiger partial charge in [-0.3, -0.25) is 14.3 Å². The van der Waals surface area contributed by atoms with Gasteiger partial charge in [0, 0.05) is 18.0 Å². The molecule has 30 heavy (non-hydrogen) atoms. The number of carbonyl (C=O) groups excluding carboxylic acids is 1. The number of likely N-dealkylation sites (tertiary alicyclic amines) is 1. The van der Waals surface area contributed by atoms with Crippen molar-refractivity contribution in [2.45, 2.75) is 31.5 Å². The molecule has 8 heteroatoms. The first kappa shape index (κ1) is 20.0. The van der Waals surface area contributed by atoms with Crippen LogP contribution < -0.4 is 11.5 Å². The summed E-state index contributed by atoms with van der Waals surface area (Å²) in [6.07, 6.45) is -0.579. The Morgan fingerprint density at radius 1 is 1.23 bits per heavy atom. The van der Waals surface area contributed by atoms with Gasteiger partial charge in [-0.25, -0.2) is 9.18 Å². The number of H-pyrrole nitrogens is 1. The molecule has 1 saturated heterocycles. The fourth-order valence-corrected chi connectivity index (χ4v) is 3.73. The molecule has 0 saturated carbocycles. The molecule has 1 aliphatic heterocycles. The standard InChI is InChI=1S/C22H23FN4O3/c1-13(19(24)21(28)27-10-9-18(23)12-27)14-5-7-15(8-6-14)16-3-2-4-17(11-16)20-25-22(29)30-26-20/h2-8,11,13,18-19H,9-10,12,24H2,1H3,(H,25,26,29)/t13?,18-,19-/m0/s1. The first-order valence-electron chi connectivity index (χ1n) is 9.87. The van der Waals surface area contributed by atoms with E-state index in [-0.39, 0.29) is 18.4 Å². The summed E-state index contributed by atoms with van der Waals surface area (Å²) in [7, 11) is 0. The maximum atomic E-state index is 13.4. The quantitative estimate of drug-likeness (QED) is 0.673. The van der Waals surface area contributed by atoms with Gasteiger partial charge in [0.25, 0.3) is 0 Å². The highest BCUT2D eigenvalue weighted by molar-refractivity contribution is 5.83. The van der Waals surface area contributed by atoms with Gasteiger partial charge in [-0.05, 0) is 29.2 Å². The molecule has 2 heterocycles. The van der Waals surface area contributed by atoms with Crippen LogP contribution in [0.5, 0.6) is 0 Å². The number of nitrogens with zero attached hydrogens (tertiary/aromatic N) is 2. The number of nitrogens with one attached hydrogen (secondary N) is 1. The van der Waals surface area contributed by atoms with Gasteiger partial charge in [0.2, 0.25) is 5.91 Å². The summed E-state index contributed by atoms with van der Waals surface area (Å²) >= 11 is 0. The van der Waals surface area contributed by atoms with Gasteiger partial charge in [0.15, 0.2) is 5.82 Å². The third kappa shape index (κ3) is 4.04. The van der Waals surface area contributed by atoms with Gasteiger partial charge in [0.05, 0.1) is 12.6 Å². The molecule has 1 aliphatic rings. The topological polar surface area (TPSA) is 105 Å². The minimum Gasteiger partial charge on any atom is -0.338 e. The second kappa shape index (κ2) is 8.23. The summed E-state index contributed by atoms with van der Waals surface area (Å²) < 4.78 is 18.0. The summed E-state index contributed by atoms with van der Waals surface area (Å²) in [4.78, 5) is 27.8. The van der Waals surface area contributed by atoms with Crippen molar-refractivity contribution in [1.82, 2.24) is 15.0 Å². The van der Waals surface area contributed by atoms with E-state index in [4.69, 9.17) is 5.73 Å². The lowest BCUT2D eigenvalue weighted by molar-refractivity contribution is -0.132. The zero-order valence-electron chi connectivity index (χ0n) is 16.5. The number of halogens is 1. The van der Waals surface area contributed by atoms with Gasteiger partial charge in [-0.2, -0.15) is 0 Å². The Morgan fingerprint density at radius 2 is 1.97 bits per heavy atom. The van der Waals surface area contributed by atoms with Crippen LogP contribution in [0.25, 0.3) is 22.5 Å². The van der Waals surface area contributed by atoms with Crippen molar-refractivity contribution in [3.05, 3.63) is 64.6 Å². The number of hydrogen-bond acceptors (Lipinski definition) is 5. The third-order valence-corrected chi connectivity index (χ3v) is 5.61. The predicted octanol–water partition coefficient (Wildman–Crippen LogP) is 2.70. The second-order valence-electron chi connectivity index (χ2n) is 7.63. The summed E-state index contributed by atoms with van der Waals surface area (Å²) in [5.74, 6) is -0.637. The van der Waals surface area contributed by atoms with Crippen molar-refractivity contribution in [2.24, 2.45) is 5.73 Å². The minimum absolute atomic E-state index is 0.130. The summed E-state index contributed by atoms with van der Waals surface area (Å²) in [6.45, 7) is 2.46. The molecule has 1 amide bonds. The van der Waals surface area contributed by atoms with Crippen molar-refractivity contribution in [2.75, 3.05) is 13.1 Å². The molecular weight excluding hydrogens is 387 g/mol. The molecule has 1 unspecified atom stereocenters. The van der Waals surface area contributed by atoms with Crippen LogP contribution in [0.3, 0.4) is 0 Å².